The fraction of sp³-hybridized carbons (Fsp3) is 0.400. The monoisotopic (exact) mass is 433 g/mol. The number of morpholine rings is 1. The molecule has 2 aliphatic rings. The number of rotatable bonds is 2. The molecule has 29 heavy (non-hydrogen) atoms. The van der Waals surface area contributed by atoms with Gasteiger partial charge in [0.05, 0.1) is 34.9 Å². The maximum absolute atomic E-state index is 13.1. The average molecular weight is 434 g/mol. The van der Waals surface area contributed by atoms with Crippen molar-refractivity contribution in [2.24, 2.45) is 0 Å². The van der Waals surface area contributed by atoms with Crippen LogP contribution in [0, 0.1) is 0 Å². The van der Waals surface area contributed by atoms with Crippen molar-refractivity contribution >= 4 is 40.0 Å². The van der Waals surface area contributed by atoms with Gasteiger partial charge < -0.3 is 19.1 Å². The number of hydrogen-bond donors (Lipinski definition) is 1. The Labute approximate surface area is 178 Å². The minimum atomic E-state index is -0.417. The third kappa shape index (κ3) is 3.13. The van der Waals surface area contributed by atoms with Gasteiger partial charge in [0.15, 0.2) is 0 Å². The maximum atomic E-state index is 13.1. The second-order valence-electron chi connectivity index (χ2n) is 7.60. The molecule has 2 aliphatic heterocycles. The predicted octanol–water partition coefficient (Wildman–Crippen LogP) is 3.01. The second kappa shape index (κ2) is 7.32. The van der Waals surface area contributed by atoms with E-state index in [1.54, 1.807) is 6.20 Å². The fourth-order valence-corrected chi connectivity index (χ4v) is 4.77. The van der Waals surface area contributed by atoms with Gasteiger partial charge in [-0.25, -0.2) is 0 Å². The molecule has 5 rings (SSSR count). The molecule has 152 valence electrons. The van der Waals surface area contributed by atoms with Crippen molar-refractivity contribution in [3.8, 4) is 11.1 Å². The van der Waals surface area contributed by atoms with Gasteiger partial charge in [-0.2, -0.15) is 5.10 Å². The van der Waals surface area contributed by atoms with Crippen LogP contribution in [0.2, 0.25) is 10.0 Å². The normalized spacial score (nSPS) is 20.2. The molecule has 0 bridgehead atoms. The summed E-state index contributed by atoms with van der Waals surface area (Å²) in [4.78, 5) is 17.2. The first kappa shape index (κ1) is 18.9. The van der Waals surface area contributed by atoms with E-state index in [2.05, 4.69) is 19.7 Å². The molecule has 4 heterocycles. The molecule has 3 aromatic rings. The standard InChI is InChI=1S/C20H21Cl2N5O2/c1-25-6-7-29-16(11-25)20(28)26-4-5-27-15(10-26)17(12-8-23-24-9-12)13-2-3-14(21)18(22)19(13)27/h2-3,8-9,16H,4-7,10-11H2,1H3,(H,23,24)/t16-/m1/s1. The smallest absolute Gasteiger partial charge is 0.253 e. The number of fused-ring (bicyclic) bond motifs is 3. The van der Waals surface area contributed by atoms with E-state index in [4.69, 9.17) is 27.9 Å². The number of carbonyl (C=O) groups excluding carboxylic acids is 1. The zero-order chi connectivity index (χ0) is 20.1. The summed E-state index contributed by atoms with van der Waals surface area (Å²) < 4.78 is 7.94. The molecule has 9 heteroatoms. The molecule has 2 aromatic heterocycles. The van der Waals surface area contributed by atoms with Gasteiger partial charge in [-0.1, -0.05) is 29.3 Å². The highest BCUT2D eigenvalue weighted by molar-refractivity contribution is 6.45. The number of aromatic nitrogens is 3. The second-order valence-corrected chi connectivity index (χ2v) is 8.38. The molecule has 1 N–H and O–H groups in total. The van der Waals surface area contributed by atoms with Gasteiger partial charge in [0.1, 0.15) is 6.10 Å². The summed E-state index contributed by atoms with van der Waals surface area (Å²) in [6.45, 7) is 3.79. The van der Waals surface area contributed by atoms with Crippen LogP contribution in [0.5, 0.6) is 0 Å². The molecule has 0 saturated carbocycles. The van der Waals surface area contributed by atoms with E-state index in [1.807, 2.05) is 30.3 Å². The number of nitrogens with zero attached hydrogens (tertiary/aromatic N) is 4. The summed E-state index contributed by atoms with van der Waals surface area (Å²) in [7, 11) is 2.01. The molecule has 1 amide bonds. The SMILES string of the molecule is CN1CCO[C@@H](C(=O)N2CCn3c(c(-c4cn[nH]c4)c4ccc(Cl)c(Cl)c43)C2)C1. The number of hydrogen-bond acceptors (Lipinski definition) is 4. The Bertz CT molecular complexity index is 1080. The van der Waals surface area contributed by atoms with Crippen LogP contribution in [-0.2, 0) is 22.6 Å². The van der Waals surface area contributed by atoms with Crippen LogP contribution in [0.15, 0.2) is 24.5 Å². The lowest BCUT2D eigenvalue weighted by Crippen LogP contribution is -2.51. The first-order chi connectivity index (χ1) is 14.0. The lowest BCUT2D eigenvalue weighted by atomic mass is 10.0. The van der Waals surface area contributed by atoms with Gasteiger partial charge >= 0.3 is 0 Å². The highest BCUT2D eigenvalue weighted by Crippen LogP contribution is 2.42. The number of amides is 1. The number of carbonyl (C=O) groups is 1. The van der Waals surface area contributed by atoms with E-state index in [0.717, 1.165) is 34.3 Å². The van der Waals surface area contributed by atoms with Crippen LogP contribution in [0.3, 0.4) is 0 Å². The largest absolute Gasteiger partial charge is 0.366 e. The van der Waals surface area contributed by atoms with Crippen molar-refractivity contribution in [3.63, 3.8) is 0 Å². The highest BCUT2D eigenvalue weighted by atomic mass is 35.5. The number of ether oxygens (including phenoxy) is 1. The number of H-pyrrole nitrogens is 1. The molecular formula is C20H21Cl2N5O2. The van der Waals surface area contributed by atoms with E-state index in [1.165, 1.54) is 0 Å². The fourth-order valence-electron chi connectivity index (χ4n) is 4.35. The van der Waals surface area contributed by atoms with E-state index in [0.29, 0.717) is 42.8 Å². The van der Waals surface area contributed by atoms with E-state index in [-0.39, 0.29) is 5.91 Å². The molecule has 0 spiro atoms. The molecule has 7 nitrogen and oxygen atoms in total. The summed E-state index contributed by atoms with van der Waals surface area (Å²) in [5.41, 5.74) is 3.94. The minimum absolute atomic E-state index is 0.0373. The zero-order valence-electron chi connectivity index (χ0n) is 16.0. The number of nitrogens with one attached hydrogen (secondary N) is 1. The summed E-state index contributed by atoms with van der Waals surface area (Å²) in [5.74, 6) is 0.0373. The van der Waals surface area contributed by atoms with Crippen LogP contribution < -0.4 is 0 Å². The van der Waals surface area contributed by atoms with Gasteiger partial charge in [0, 0.05) is 54.6 Å². The van der Waals surface area contributed by atoms with Crippen molar-refractivity contribution in [2.75, 3.05) is 33.3 Å². The number of benzene rings is 1. The Morgan fingerprint density at radius 2 is 2.14 bits per heavy atom. The average Bonchev–Trinajstić information content (AvgIpc) is 3.35. The summed E-state index contributed by atoms with van der Waals surface area (Å²) in [5, 5.41) is 9.07. The van der Waals surface area contributed by atoms with Crippen LogP contribution in [-0.4, -0.2) is 69.9 Å². The van der Waals surface area contributed by atoms with Gasteiger partial charge in [-0.3, -0.25) is 9.89 Å². The number of likely N-dealkylation sites (N-methyl/N-ethyl adjacent to an activating group) is 1. The van der Waals surface area contributed by atoms with Gasteiger partial charge in [0.2, 0.25) is 0 Å². The third-order valence-corrected chi connectivity index (χ3v) is 6.59. The van der Waals surface area contributed by atoms with Crippen molar-refractivity contribution in [1.29, 1.82) is 0 Å². The van der Waals surface area contributed by atoms with Crippen LogP contribution in [0.25, 0.3) is 22.0 Å². The molecule has 1 aromatic carbocycles. The molecular weight excluding hydrogens is 413 g/mol. The van der Waals surface area contributed by atoms with Crippen LogP contribution in [0.4, 0.5) is 0 Å². The van der Waals surface area contributed by atoms with Crippen molar-refractivity contribution in [3.05, 3.63) is 40.3 Å². The summed E-state index contributed by atoms with van der Waals surface area (Å²) in [6.07, 6.45) is 3.23. The Morgan fingerprint density at radius 3 is 2.90 bits per heavy atom. The van der Waals surface area contributed by atoms with E-state index >= 15 is 0 Å². The van der Waals surface area contributed by atoms with Gasteiger partial charge in [-0.05, 0) is 13.1 Å². The maximum Gasteiger partial charge on any atom is 0.253 e. The molecule has 0 unspecified atom stereocenters. The Kier molecular flexibility index (Phi) is 4.78. The van der Waals surface area contributed by atoms with E-state index in [9.17, 15) is 4.79 Å². The lowest BCUT2D eigenvalue weighted by molar-refractivity contribution is -0.150. The van der Waals surface area contributed by atoms with Crippen LogP contribution in [0.1, 0.15) is 5.69 Å². The highest BCUT2D eigenvalue weighted by Gasteiger charge is 2.33. The van der Waals surface area contributed by atoms with Crippen molar-refractivity contribution < 1.29 is 9.53 Å². The lowest BCUT2D eigenvalue weighted by Gasteiger charge is -2.35. The first-order valence-electron chi connectivity index (χ1n) is 9.61. The minimum Gasteiger partial charge on any atom is -0.366 e. The first-order valence-corrected chi connectivity index (χ1v) is 10.4. The van der Waals surface area contributed by atoms with E-state index < -0.39 is 6.10 Å². The topological polar surface area (TPSA) is 66.4 Å². The molecule has 1 fully saturated rings. The Hall–Kier alpha value is -2.06. The predicted molar refractivity (Wildman–Crippen MR) is 112 cm³/mol. The molecule has 0 radical (unpaired) electrons. The van der Waals surface area contributed by atoms with Crippen molar-refractivity contribution in [2.45, 2.75) is 19.2 Å². The van der Waals surface area contributed by atoms with Gasteiger partial charge in [0.25, 0.3) is 5.91 Å². The number of aromatic amines is 1. The quantitative estimate of drug-likeness (QED) is 0.674. The van der Waals surface area contributed by atoms with Gasteiger partial charge in [-0.15, -0.1) is 0 Å². The number of halogens is 2. The van der Waals surface area contributed by atoms with Crippen molar-refractivity contribution in [1.82, 2.24) is 24.6 Å². The Morgan fingerprint density at radius 1 is 1.28 bits per heavy atom. The zero-order valence-corrected chi connectivity index (χ0v) is 17.5. The Balaban J connectivity index is 1.58. The molecule has 1 atom stereocenters. The summed E-state index contributed by atoms with van der Waals surface area (Å²) in [6, 6.07) is 3.80. The van der Waals surface area contributed by atoms with Crippen LogP contribution >= 0.6 is 23.2 Å². The third-order valence-electron chi connectivity index (χ3n) is 5.80. The molecule has 0 aliphatic carbocycles. The molecule has 1 saturated heterocycles. The summed E-state index contributed by atoms with van der Waals surface area (Å²) >= 11 is 12.9.